The maximum atomic E-state index is 13.4. The van der Waals surface area contributed by atoms with Gasteiger partial charge in [-0.15, -0.1) is 0 Å². The van der Waals surface area contributed by atoms with Crippen LogP contribution in [0.5, 0.6) is 0 Å². The average Bonchev–Trinajstić information content (AvgIpc) is 3.78. The number of piperidine rings is 2. The molecule has 14 heteroatoms. The summed E-state index contributed by atoms with van der Waals surface area (Å²) in [6.45, 7) is 10.7. The molecule has 6 heterocycles. The molecule has 14 nitrogen and oxygen atoms in total. The van der Waals surface area contributed by atoms with Crippen LogP contribution >= 0.6 is 0 Å². The molecular weight excluding hydrogens is 737 g/mol. The summed E-state index contributed by atoms with van der Waals surface area (Å²) in [7, 11) is 0. The van der Waals surface area contributed by atoms with E-state index in [9.17, 15) is 29.3 Å². The van der Waals surface area contributed by atoms with E-state index >= 15 is 0 Å². The fourth-order valence-corrected chi connectivity index (χ4v) is 9.89. The van der Waals surface area contributed by atoms with Crippen molar-refractivity contribution in [2.24, 2.45) is 16.8 Å². The van der Waals surface area contributed by atoms with Gasteiger partial charge in [0.05, 0.1) is 40.8 Å². The smallest absolute Gasteiger partial charge is 0.270 e. The molecule has 0 radical (unpaired) electrons. The zero-order valence-corrected chi connectivity index (χ0v) is 32.9. The number of carbonyl (C=O) groups excluding carboxylic acids is 4. The number of fused-ring (bicyclic) bond motifs is 2. The lowest BCUT2D eigenvalue weighted by Gasteiger charge is -2.39. The Hall–Kier alpha value is -5.34. The number of pyridine rings is 1. The van der Waals surface area contributed by atoms with Gasteiger partial charge in [0.15, 0.2) is 5.78 Å². The lowest BCUT2D eigenvalue weighted by Crippen LogP contribution is -2.47. The van der Waals surface area contributed by atoms with Gasteiger partial charge in [0.2, 0.25) is 0 Å². The Morgan fingerprint density at radius 1 is 0.724 bits per heavy atom. The molecule has 3 aromatic rings. The van der Waals surface area contributed by atoms with Crippen LogP contribution in [0.1, 0.15) is 88.8 Å². The van der Waals surface area contributed by atoms with E-state index in [0.717, 1.165) is 123 Å². The number of piperazine rings is 1. The number of hydrogen-bond acceptors (Lipinski definition) is 12. The Labute approximate surface area is 338 Å². The maximum Gasteiger partial charge on any atom is 0.270 e. The molecule has 4 fully saturated rings. The molecule has 5 aliphatic heterocycles. The van der Waals surface area contributed by atoms with E-state index in [1.807, 2.05) is 24.4 Å². The second-order valence-electron chi connectivity index (χ2n) is 16.9. The van der Waals surface area contributed by atoms with E-state index in [4.69, 9.17) is 4.99 Å². The monoisotopic (exact) mass is 786 g/mol. The zero-order chi connectivity index (χ0) is 39.9. The number of non-ortho nitro benzene ring substituents is 1. The second kappa shape index (κ2) is 16.1. The molecule has 3 saturated heterocycles. The predicted molar refractivity (Wildman–Crippen MR) is 219 cm³/mol. The minimum atomic E-state index is -0.845. The number of Topliss-reactive ketones (excluding diaryl/α,β-unsaturated/α-hetero) is 2. The molecule has 1 aliphatic carbocycles. The van der Waals surface area contributed by atoms with Gasteiger partial charge in [-0.05, 0) is 112 Å². The number of nitro groups is 1. The molecule has 6 aliphatic rings. The second-order valence-corrected chi connectivity index (χ2v) is 16.9. The van der Waals surface area contributed by atoms with Gasteiger partial charge >= 0.3 is 0 Å². The van der Waals surface area contributed by atoms with Gasteiger partial charge < -0.3 is 14.7 Å². The summed E-state index contributed by atoms with van der Waals surface area (Å²) in [5.41, 5.74) is 5.32. The van der Waals surface area contributed by atoms with Crippen LogP contribution in [0.25, 0.3) is 0 Å². The van der Waals surface area contributed by atoms with Crippen molar-refractivity contribution in [1.82, 2.24) is 19.7 Å². The van der Waals surface area contributed by atoms with Gasteiger partial charge in [-0.3, -0.25) is 44.1 Å². The van der Waals surface area contributed by atoms with Crippen molar-refractivity contribution in [1.29, 1.82) is 0 Å². The van der Waals surface area contributed by atoms with E-state index in [0.29, 0.717) is 23.6 Å². The summed E-state index contributed by atoms with van der Waals surface area (Å²) in [6.07, 6.45) is 7.92. The topological polar surface area (TPSA) is 153 Å². The summed E-state index contributed by atoms with van der Waals surface area (Å²) in [5.74, 6) is 0.987. The zero-order valence-electron chi connectivity index (χ0n) is 32.9. The van der Waals surface area contributed by atoms with Crippen molar-refractivity contribution in [3.63, 3.8) is 0 Å². The van der Waals surface area contributed by atoms with E-state index in [1.54, 1.807) is 24.3 Å². The fraction of sp³-hybridized carbons (Fsp3) is 0.500. The van der Waals surface area contributed by atoms with Gasteiger partial charge in [-0.25, -0.2) is 4.98 Å². The molecule has 0 N–H and O–H groups in total. The first-order valence-corrected chi connectivity index (χ1v) is 21.0. The lowest BCUT2D eigenvalue weighted by atomic mass is 9.90. The first-order valence-electron chi connectivity index (χ1n) is 21.0. The number of hydrogen-bond donors (Lipinski definition) is 0. The van der Waals surface area contributed by atoms with Gasteiger partial charge in [-0.1, -0.05) is 0 Å². The number of amides is 2. The minimum absolute atomic E-state index is 0.0825. The van der Waals surface area contributed by atoms with E-state index in [-0.39, 0.29) is 41.4 Å². The number of imide groups is 1. The Kier molecular flexibility index (Phi) is 10.6. The molecule has 1 unspecified atom stereocenters. The van der Waals surface area contributed by atoms with Crippen LogP contribution in [0, 0.1) is 22.0 Å². The molecular formula is C44H50N8O6. The predicted octanol–water partition coefficient (Wildman–Crippen LogP) is 4.77. The third kappa shape index (κ3) is 7.67. The van der Waals surface area contributed by atoms with Gasteiger partial charge in [0.25, 0.3) is 17.5 Å². The van der Waals surface area contributed by atoms with Crippen LogP contribution in [0.15, 0.2) is 59.7 Å². The number of rotatable bonds is 10. The lowest BCUT2D eigenvalue weighted by molar-refractivity contribution is -0.384. The number of benzene rings is 2. The normalized spacial score (nSPS) is 22.4. The van der Waals surface area contributed by atoms with E-state index < -0.39 is 17.9 Å². The van der Waals surface area contributed by atoms with Crippen LogP contribution in [0.3, 0.4) is 0 Å². The van der Waals surface area contributed by atoms with Crippen molar-refractivity contribution in [3.8, 4) is 0 Å². The highest BCUT2D eigenvalue weighted by Gasteiger charge is 2.44. The number of ketones is 2. The van der Waals surface area contributed by atoms with E-state index in [1.165, 1.54) is 19.3 Å². The van der Waals surface area contributed by atoms with Gasteiger partial charge in [-0.2, -0.15) is 0 Å². The van der Waals surface area contributed by atoms with Crippen LogP contribution < -0.4 is 9.80 Å². The summed E-state index contributed by atoms with van der Waals surface area (Å²) >= 11 is 0. The Morgan fingerprint density at radius 2 is 1.48 bits per heavy atom. The number of nitrogens with zero attached hydrogens (tertiary/aromatic N) is 8. The molecule has 58 heavy (non-hydrogen) atoms. The molecule has 1 saturated carbocycles. The highest BCUT2D eigenvalue weighted by atomic mass is 16.6. The Morgan fingerprint density at radius 3 is 2.24 bits per heavy atom. The van der Waals surface area contributed by atoms with Gasteiger partial charge in [0, 0.05) is 87.4 Å². The Bertz CT molecular complexity index is 2170. The number of likely N-dealkylation sites (tertiary alicyclic amines) is 1. The molecule has 2 aromatic carbocycles. The van der Waals surface area contributed by atoms with Crippen molar-refractivity contribution >= 4 is 46.3 Å². The maximum absolute atomic E-state index is 13.4. The van der Waals surface area contributed by atoms with Crippen molar-refractivity contribution in [2.45, 2.75) is 64.0 Å². The average molecular weight is 787 g/mol. The standard InChI is InChI=1S/C44H50N8O6/c53-35-4-6-39(40(54)26-35)51-43(55)36-5-3-33(24-38(36)44(51)56)49-17-11-30(12-18-49)28-48-15-9-29(10-16-48)8-14-47-19-21-50(22-20-47)41-23-31(7-13-45-41)42-37-25-34(52(57)58)2-1-32(37)27-46-42/h1-3,5,7,13,23-25,29-30,39H,4,6,8-12,14-22,26-28H2. The molecule has 2 amide bonds. The summed E-state index contributed by atoms with van der Waals surface area (Å²) in [5, 5.41) is 11.4. The SMILES string of the molecule is O=C1CCC(N2C(=O)c3ccc(N4CCC(CN5CCC(CCN6CCN(c7cc(C8=NCc9ccc([N+](=O)[O-])cc98)ccn7)CC6)CC5)CC4)cc3C2=O)C(=O)C1. The highest BCUT2D eigenvalue weighted by Crippen LogP contribution is 2.34. The molecule has 1 aromatic heterocycles. The molecule has 9 rings (SSSR count). The number of aromatic nitrogens is 1. The summed E-state index contributed by atoms with van der Waals surface area (Å²) in [6, 6.07) is 13.6. The first kappa shape index (κ1) is 38.2. The van der Waals surface area contributed by atoms with Crippen LogP contribution in [0.4, 0.5) is 17.2 Å². The third-order valence-corrected chi connectivity index (χ3v) is 13.4. The van der Waals surface area contributed by atoms with Crippen LogP contribution in [-0.4, -0.2) is 125 Å². The van der Waals surface area contributed by atoms with Crippen LogP contribution in [0.2, 0.25) is 0 Å². The van der Waals surface area contributed by atoms with Gasteiger partial charge in [0.1, 0.15) is 11.6 Å². The minimum Gasteiger partial charge on any atom is -0.371 e. The number of anilines is 2. The first-order chi connectivity index (χ1) is 28.2. The van der Waals surface area contributed by atoms with Crippen molar-refractivity contribution < 1.29 is 24.1 Å². The van der Waals surface area contributed by atoms with Crippen molar-refractivity contribution in [2.75, 3.05) is 75.2 Å². The molecule has 1 atom stereocenters. The quantitative estimate of drug-likeness (QED) is 0.121. The highest BCUT2D eigenvalue weighted by molar-refractivity contribution is 6.24. The largest absolute Gasteiger partial charge is 0.371 e. The van der Waals surface area contributed by atoms with Crippen molar-refractivity contribution in [3.05, 3.63) is 92.7 Å². The number of carbonyl (C=O) groups is 4. The summed E-state index contributed by atoms with van der Waals surface area (Å²) < 4.78 is 0. The molecule has 0 bridgehead atoms. The Balaban J connectivity index is 0.692. The number of nitro benzene ring substituents is 1. The molecule has 302 valence electrons. The fourth-order valence-electron chi connectivity index (χ4n) is 9.89. The molecule has 0 spiro atoms. The number of aliphatic imine (C=N–C) groups is 1. The summed E-state index contributed by atoms with van der Waals surface area (Å²) in [4.78, 5) is 82.2. The third-order valence-electron chi connectivity index (χ3n) is 13.4. The van der Waals surface area contributed by atoms with Crippen LogP contribution in [-0.2, 0) is 16.1 Å². The van der Waals surface area contributed by atoms with E-state index in [2.05, 4.69) is 30.6 Å².